The second-order valence-corrected chi connectivity index (χ2v) is 10.5. The van der Waals surface area contributed by atoms with Gasteiger partial charge in [0.15, 0.2) is 0 Å². The minimum absolute atomic E-state index is 0. The molecular formula is C26H39Cl2N3O2. The smallest absolute Gasteiger partial charge is 0.246 e. The highest BCUT2D eigenvalue weighted by atomic mass is 35.5. The average Bonchev–Trinajstić information content (AvgIpc) is 2.80. The average molecular weight is 497 g/mol. The van der Waals surface area contributed by atoms with Crippen LogP contribution in [-0.4, -0.2) is 52.8 Å². The molecule has 0 radical (unpaired) electrons. The van der Waals surface area contributed by atoms with Gasteiger partial charge in [0.05, 0.1) is 0 Å². The Kier molecular flexibility index (Phi) is 9.49. The maximum absolute atomic E-state index is 13.6. The van der Waals surface area contributed by atoms with Gasteiger partial charge in [-0.2, -0.15) is 0 Å². The van der Waals surface area contributed by atoms with Crippen LogP contribution in [0.1, 0.15) is 76.7 Å². The molecule has 1 aromatic carbocycles. The number of likely N-dealkylation sites (tertiary alicyclic amines) is 1. The highest BCUT2D eigenvalue weighted by Crippen LogP contribution is 2.36. The van der Waals surface area contributed by atoms with E-state index in [1.54, 1.807) is 0 Å². The van der Waals surface area contributed by atoms with Crippen molar-refractivity contribution in [2.24, 2.45) is 5.92 Å². The number of piperazine rings is 1. The van der Waals surface area contributed by atoms with E-state index in [1.807, 2.05) is 23.1 Å². The first-order valence-electron chi connectivity index (χ1n) is 12.6. The molecule has 2 aliphatic heterocycles. The fourth-order valence-corrected chi connectivity index (χ4v) is 6.12. The third-order valence-corrected chi connectivity index (χ3v) is 8.05. The van der Waals surface area contributed by atoms with Crippen LogP contribution in [0.15, 0.2) is 24.3 Å². The molecule has 1 aromatic rings. The van der Waals surface area contributed by atoms with E-state index in [0.717, 1.165) is 43.9 Å². The number of rotatable bonds is 7. The van der Waals surface area contributed by atoms with Gasteiger partial charge in [0.1, 0.15) is 11.6 Å². The molecule has 1 saturated carbocycles. The molecule has 184 valence electrons. The number of carbonyl (C=O) groups is 2. The topological polar surface area (TPSA) is 52.7 Å². The Morgan fingerprint density at radius 3 is 2.52 bits per heavy atom. The molecule has 5 nitrogen and oxygen atoms in total. The fraction of sp³-hybridized carbons (Fsp3) is 0.692. The molecule has 1 aliphatic carbocycles. The monoisotopic (exact) mass is 495 g/mol. The molecule has 33 heavy (non-hydrogen) atoms. The van der Waals surface area contributed by atoms with Gasteiger partial charge in [0, 0.05) is 31.2 Å². The summed E-state index contributed by atoms with van der Waals surface area (Å²) in [6.45, 7) is 5.28. The molecule has 3 aliphatic rings. The lowest BCUT2D eigenvalue weighted by atomic mass is 9.79. The van der Waals surface area contributed by atoms with Crippen molar-refractivity contribution in [2.45, 2.75) is 89.3 Å². The minimum atomic E-state index is -0.680. The van der Waals surface area contributed by atoms with Crippen LogP contribution in [0, 0.1) is 5.92 Å². The molecule has 7 heteroatoms. The maximum Gasteiger partial charge on any atom is 0.246 e. The lowest BCUT2D eigenvalue weighted by Gasteiger charge is -2.52. The van der Waals surface area contributed by atoms with Crippen molar-refractivity contribution >= 4 is 35.8 Å². The molecule has 0 unspecified atom stereocenters. The molecule has 2 saturated heterocycles. The molecule has 1 atom stereocenters. The normalized spacial score (nSPS) is 23.9. The summed E-state index contributed by atoms with van der Waals surface area (Å²) in [7, 11) is 0. The number of amides is 2. The van der Waals surface area contributed by atoms with Crippen LogP contribution in [0.5, 0.6) is 0 Å². The quantitative estimate of drug-likeness (QED) is 0.565. The number of hydrogen-bond acceptors (Lipinski definition) is 3. The first-order chi connectivity index (χ1) is 15.5. The Morgan fingerprint density at radius 2 is 1.85 bits per heavy atom. The van der Waals surface area contributed by atoms with E-state index >= 15 is 0 Å². The van der Waals surface area contributed by atoms with E-state index in [2.05, 4.69) is 23.2 Å². The number of benzene rings is 1. The van der Waals surface area contributed by atoms with Crippen LogP contribution < -0.4 is 5.32 Å². The van der Waals surface area contributed by atoms with Gasteiger partial charge >= 0.3 is 0 Å². The van der Waals surface area contributed by atoms with Crippen molar-refractivity contribution in [3.8, 4) is 0 Å². The Morgan fingerprint density at radius 1 is 1.12 bits per heavy atom. The summed E-state index contributed by atoms with van der Waals surface area (Å²) in [5.41, 5.74) is 0.508. The van der Waals surface area contributed by atoms with Crippen molar-refractivity contribution in [2.75, 3.05) is 19.6 Å². The zero-order valence-corrected chi connectivity index (χ0v) is 21.4. The molecule has 1 spiro atoms. The standard InChI is InChI=1S/C26H38ClN3O2.ClH/c1-2-3-14-30-24(31)23(18-20-8-5-4-6-9-20)28-25(32)26(30)12-15-29(16-13-26)19-21-10-7-11-22(27)17-21;/h7,10-11,17,20,23H,2-6,8-9,12-16,18-19H2,1H3,(H,28,32);1H/t23-;/m0./s1. The highest BCUT2D eigenvalue weighted by Gasteiger charge is 2.53. The predicted octanol–water partition coefficient (Wildman–Crippen LogP) is 5.19. The third kappa shape index (κ3) is 6.04. The molecule has 0 bridgehead atoms. The van der Waals surface area contributed by atoms with Crippen molar-refractivity contribution in [1.29, 1.82) is 0 Å². The largest absolute Gasteiger partial charge is 0.342 e. The minimum Gasteiger partial charge on any atom is -0.342 e. The van der Waals surface area contributed by atoms with Crippen molar-refractivity contribution in [1.82, 2.24) is 15.1 Å². The summed E-state index contributed by atoms with van der Waals surface area (Å²) < 4.78 is 0. The summed E-state index contributed by atoms with van der Waals surface area (Å²) in [6, 6.07) is 7.64. The van der Waals surface area contributed by atoms with E-state index < -0.39 is 5.54 Å². The first-order valence-corrected chi connectivity index (χ1v) is 13.0. The van der Waals surface area contributed by atoms with Crippen LogP contribution in [-0.2, 0) is 16.1 Å². The van der Waals surface area contributed by atoms with Gasteiger partial charge in [-0.15, -0.1) is 12.4 Å². The van der Waals surface area contributed by atoms with Crippen molar-refractivity contribution in [3.63, 3.8) is 0 Å². The third-order valence-electron chi connectivity index (χ3n) is 7.82. The molecule has 1 N–H and O–H groups in total. The number of carbonyl (C=O) groups excluding carboxylic acids is 2. The maximum atomic E-state index is 13.6. The van der Waals surface area contributed by atoms with E-state index in [4.69, 9.17) is 11.6 Å². The van der Waals surface area contributed by atoms with Gasteiger partial charge in [-0.1, -0.05) is 69.2 Å². The van der Waals surface area contributed by atoms with Crippen LogP contribution in [0.2, 0.25) is 5.02 Å². The summed E-state index contributed by atoms with van der Waals surface area (Å²) in [5, 5.41) is 3.94. The second kappa shape index (κ2) is 11.9. The Labute approximate surface area is 210 Å². The summed E-state index contributed by atoms with van der Waals surface area (Å²) in [5.74, 6) is 0.808. The number of hydrogen-bond donors (Lipinski definition) is 1. The number of piperidine rings is 1. The summed E-state index contributed by atoms with van der Waals surface area (Å²) in [4.78, 5) is 31.5. The van der Waals surface area contributed by atoms with Crippen LogP contribution in [0.4, 0.5) is 0 Å². The zero-order valence-electron chi connectivity index (χ0n) is 19.9. The molecule has 4 rings (SSSR count). The Balaban J connectivity index is 0.00000306. The lowest BCUT2D eigenvalue weighted by molar-refractivity contribution is -0.162. The molecule has 3 fully saturated rings. The van der Waals surface area contributed by atoms with Gasteiger partial charge in [-0.3, -0.25) is 14.5 Å². The van der Waals surface area contributed by atoms with Gasteiger partial charge in [0.2, 0.25) is 11.8 Å². The van der Waals surface area contributed by atoms with Gasteiger partial charge in [-0.05, 0) is 49.3 Å². The SMILES string of the molecule is CCCCN1C(=O)[C@H](CC2CCCCC2)NC(=O)C12CCN(Cc1cccc(Cl)c1)CC2.Cl. The highest BCUT2D eigenvalue weighted by molar-refractivity contribution is 6.30. The molecular weight excluding hydrogens is 457 g/mol. The molecule has 2 amide bonds. The number of halogens is 2. The lowest BCUT2D eigenvalue weighted by Crippen LogP contribution is -2.73. The van der Waals surface area contributed by atoms with Crippen LogP contribution in [0.25, 0.3) is 0 Å². The van der Waals surface area contributed by atoms with E-state index in [-0.39, 0.29) is 30.3 Å². The summed E-state index contributed by atoms with van der Waals surface area (Å²) >= 11 is 6.15. The van der Waals surface area contributed by atoms with Crippen LogP contribution in [0.3, 0.4) is 0 Å². The van der Waals surface area contributed by atoms with Crippen molar-refractivity contribution < 1.29 is 9.59 Å². The second-order valence-electron chi connectivity index (χ2n) is 10.0. The van der Waals surface area contributed by atoms with Gasteiger partial charge < -0.3 is 10.2 Å². The summed E-state index contributed by atoms with van der Waals surface area (Å²) in [6.07, 6.45) is 10.4. The predicted molar refractivity (Wildman–Crippen MR) is 136 cm³/mol. The Bertz CT molecular complexity index is 804. The van der Waals surface area contributed by atoms with Crippen LogP contribution >= 0.6 is 24.0 Å². The number of nitrogens with one attached hydrogen (secondary N) is 1. The van der Waals surface area contributed by atoms with Gasteiger partial charge in [0.25, 0.3) is 0 Å². The first kappa shape index (κ1) is 26.3. The zero-order chi connectivity index (χ0) is 22.6. The molecule has 0 aromatic heterocycles. The van der Waals surface area contributed by atoms with E-state index in [9.17, 15) is 9.59 Å². The van der Waals surface area contributed by atoms with E-state index in [1.165, 1.54) is 37.7 Å². The Hall–Kier alpha value is -1.30. The number of unbranched alkanes of at least 4 members (excludes halogenated alkanes) is 1. The number of nitrogens with zero attached hydrogens (tertiary/aromatic N) is 2. The van der Waals surface area contributed by atoms with Gasteiger partial charge in [-0.25, -0.2) is 0 Å². The van der Waals surface area contributed by atoms with E-state index in [0.29, 0.717) is 25.3 Å². The van der Waals surface area contributed by atoms with Crippen molar-refractivity contribution in [3.05, 3.63) is 34.9 Å². The molecule has 2 heterocycles. The fourth-order valence-electron chi connectivity index (χ4n) is 5.90.